The minimum Gasteiger partial charge on any atom is -0.507 e. The van der Waals surface area contributed by atoms with Gasteiger partial charge >= 0.3 is 0 Å². The summed E-state index contributed by atoms with van der Waals surface area (Å²) in [5, 5.41) is 19.6. The molecule has 7 heteroatoms. The molecule has 0 aliphatic heterocycles. The summed E-state index contributed by atoms with van der Waals surface area (Å²) in [5.41, 5.74) is 0.600. The Balaban J connectivity index is 2.42. The number of methoxy groups -OCH3 is 4. The molecule has 0 amide bonds. The molecule has 0 bridgehead atoms. The predicted octanol–water partition coefficient (Wildman–Crippen LogP) is 2.56. The Morgan fingerprint density at radius 3 is 2.04 bits per heavy atom. The van der Waals surface area contributed by atoms with Gasteiger partial charge < -0.3 is 29.2 Å². The van der Waals surface area contributed by atoms with E-state index < -0.39 is 0 Å². The van der Waals surface area contributed by atoms with Crippen molar-refractivity contribution in [1.29, 1.82) is 0 Å². The van der Waals surface area contributed by atoms with E-state index in [1.54, 1.807) is 12.1 Å². The zero-order chi connectivity index (χ0) is 18.6. The Morgan fingerprint density at radius 1 is 0.840 bits per heavy atom. The van der Waals surface area contributed by atoms with Gasteiger partial charge in [-0.15, -0.1) is 0 Å². The average Bonchev–Trinajstić information content (AvgIpc) is 2.61. The van der Waals surface area contributed by atoms with E-state index in [0.29, 0.717) is 22.8 Å². The third-order valence-electron chi connectivity index (χ3n) is 3.73. The first-order chi connectivity index (χ1) is 12.0. The highest BCUT2D eigenvalue weighted by molar-refractivity contribution is 6.01. The Morgan fingerprint density at radius 2 is 1.48 bits per heavy atom. The molecule has 7 nitrogen and oxygen atoms in total. The van der Waals surface area contributed by atoms with Gasteiger partial charge in [0.15, 0.2) is 28.8 Å². The number of carbonyl (C=O) groups is 1. The van der Waals surface area contributed by atoms with Gasteiger partial charge in [0.2, 0.25) is 5.75 Å². The van der Waals surface area contributed by atoms with Crippen LogP contribution in [0.2, 0.25) is 0 Å². The number of hydrogen-bond donors (Lipinski definition) is 2. The fourth-order valence-corrected chi connectivity index (χ4v) is 2.51. The zero-order valence-corrected chi connectivity index (χ0v) is 14.5. The third-order valence-corrected chi connectivity index (χ3v) is 3.73. The average molecular weight is 348 g/mol. The summed E-state index contributed by atoms with van der Waals surface area (Å²) in [4.78, 5) is 12.6. The minimum absolute atomic E-state index is 0.0338. The molecular weight excluding hydrogens is 328 g/mol. The maximum atomic E-state index is 12.6. The number of ether oxygens (including phenoxy) is 4. The number of phenols is 2. The first kappa shape index (κ1) is 18.3. The number of Topliss-reactive ketones (excluding diaryl/α,β-unsaturated/α-hetero) is 1. The second-order valence-corrected chi connectivity index (χ2v) is 5.13. The van der Waals surface area contributed by atoms with E-state index in [2.05, 4.69) is 0 Å². The topological polar surface area (TPSA) is 94.5 Å². The molecular formula is C18H20O7. The van der Waals surface area contributed by atoms with Crippen molar-refractivity contribution in [3.63, 3.8) is 0 Å². The number of rotatable bonds is 7. The lowest BCUT2D eigenvalue weighted by atomic mass is 10.0. The molecule has 25 heavy (non-hydrogen) atoms. The molecule has 0 unspecified atom stereocenters. The molecule has 0 spiro atoms. The minimum atomic E-state index is -0.374. The van der Waals surface area contributed by atoms with Crippen molar-refractivity contribution in [2.24, 2.45) is 0 Å². The summed E-state index contributed by atoms with van der Waals surface area (Å²) in [7, 11) is 5.80. The second-order valence-electron chi connectivity index (χ2n) is 5.13. The van der Waals surface area contributed by atoms with Gasteiger partial charge in [0.05, 0.1) is 34.0 Å². The Kier molecular flexibility index (Phi) is 5.59. The van der Waals surface area contributed by atoms with Crippen LogP contribution in [0.1, 0.15) is 15.9 Å². The predicted molar refractivity (Wildman–Crippen MR) is 90.5 cm³/mol. The van der Waals surface area contributed by atoms with Crippen molar-refractivity contribution in [1.82, 2.24) is 0 Å². The molecule has 2 N–H and O–H groups in total. The normalized spacial score (nSPS) is 10.2. The molecule has 134 valence electrons. The summed E-state index contributed by atoms with van der Waals surface area (Å²) in [6.07, 6.45) is -0.0506. The van der Waals surface area contributed by atoms with Crippen LogP contribution < -0.4 is 18.9 Å². The van der Waals surface area contributed by atoms with Crippen molar-refractivity contribution in [3.8, 4) is 34.5 Å². The fourth-order valence-electron chi connectivity index (χ4n) is 2.51. The molecule has 2 aromatic carbocycles. The smallest absolute Gasteiger partial charge is 0.203 e. The lowest BCUT2D eigenvalue weighted by Crippen LogP contribution is -2.07. The first-order valence-electron chi connectivity index (χ1n) is 7.37. The van der Waals surface area contributed by atoms with Crippen LogP contribution in [0.4, 0.5) is 0 Å². The number of aromatic hydroxyl groups is 2. The standard InChI is InChI=1S/C18H20O7/c1-22-15-6-5-10(17(24-3)18(15)25-4)7-12(19)11-8-16(23-2)14(21)9-13(11)20/h5-6,8-9,20-21H,7H2,1-4H3. The molecule has 2 aromatic rings. The lowest BCUT2D eigenvalue weighted by molar-refractivity contribution is 0.0989. The molecule has 0 aliphatic carbocycles. The van der Waals surface area contributed by atoms with E-state index in [-0.39, 0.29) is 35.0 Å². The molecule has 2 rings (SSSR count). The number of benzene rings is 2. The van der Waals surface area contributed by atoms with Crippen molar-refractivity contribution in [2.75, 3.05) is 28.4 Å². The largest absolute Gasteiger partial charge is 0.507 e. The Hall–Kier alpha value is -3.09. The van der Waals surface area contributed by atoms with Crippen LogP contribution in [0.3, 0.4) is 0 Å². The van der Waals surface area contributed by atoms with Gasteiger partial charge in [-0.1, -0.05) is 6.07 Å². The quantitative estimate of drug-likeness (QED) is 0.743. The van der Waals surface area contributed by atoms with E-state index >= 15 is 0 Å². The number of phenolic OH excluding ortho intramolecular Hbond substituents is 2. The van der Waals surface area contributed by atoms with Gasteiger partial charge in [0.25, 0.3) is 0 Å². The summed E-state index contributed by atoms with van der Waals surface area (Å²) in [6, 6.07) is 5.71. The maximum Gasteiger partial charge on any atom is 0.203 e. The highest BCUT2D eigenvalue weighted by atomic mass is 16.5. The maximum absolute atomic E-state index is 12.6. The molecule has 0 saturated carbocycles. The van der Waals surface area contributed by atoms with Crippen molar-refractivity contribution < 1.29 is 34.0 Å². The van der Waals surface area contributed by atoms with E-state index in [1.165, 1.54) is 34.5 Å². The van der Waals surface area contributed by atoms with E-state index in [0.717, 1.165) is 6.07 Å². The van der Waals surface area contributed by atoms with E-state index in [9.17, 15) is 15.0 Å². The van der Waals surface area contributed by atoms with Crippen LogP contribution in [-0.2, 0) is 6.42 Å². The lowest BCUT2D eigenvalue weighted by Gasteiger charge is -2.15. The van der Waals surface area contributed by atoms with E-state index in [1.807, 2.05) is 0 Å². The van der Waals surface area contributed by atoms with Crippen LogP contribution in [0.5, 0.6) is 34.5 Å². The van der Waals surface area contributed by atoms with Crippen molar-refractivity contribution >= 4 is 5.78 Å². The number of carbonyl (C=O) groups excluding carboxylic acids is 1. The summed E-state index contributed by atoms with van der Waals surface area (Å²) in [6.45, 7) is 0. The molecule has 0 fully saturated rings. The van der Waals surface area contributed by atoms with Gasteiger partial charge in [-0.2, -0.15) is 0 Å². The highest BCUT2D eigenvalue weighted by Gasteiger charge is 2.21. The number of hydrogen-bond acceptors (Lipinski definition) is 7. The molecule has 0 radical (unpaired) electrons. The van der Waals surface area contributed by atoms with Crippen molar-refractivity contribution in [3.05, 3.63) is 35.4 Å². The van der Waals surface area contributed by atoms with Crippen LogP contribution in [0.25, 0.3) is 0 Å². The zero-order valence-electron chi connectivity index (χ0n) is 14.5. The van der Waals surface area contributed by atoms with E-state index in [4.69, 9.17) is 18.9 Å². The monoisotopic (exact) mass is 348 g/mol. The second kappa shape index (κ2) is 7.65. The molecule has 0 heterocycles. The molecule has 0 saturated heterocycles. The Bertz CT molecular complexity index is 783. The van der Waals surface area contributed by atoms with Crippen LogP contribution >= 0.6 is 0 Å². The van der Waals surface area contributed by atoms with Crippen LogP contribution in [0.15, 0.2) is 24.3 Å². The van der Waals surface area contributed by atoms with Crippen molar-refractivity contribution in [2.45, 2.75) is 6.42 Å². The van der Waals surface area contributed by atoms with Gasteiger partial charge in [0, 0.05) is 18.1 Å². The molecule has 0 aliphatic rings. The van der Waals surface area contributed by atoms with Gasteiger partial charge in [-0.05, 0) is 12.1 Å². The first-order valence-corrected chi connectivity index (χ1v) is 7.37. The third kappa shape index (κ3) is 3.55. The van der Waals surface area contributed by atoms with Gasteiger partial charge in [0.1, 0.15) is 5.75 Å². The summed E-state index contributed by atoms with van der Waals surface area (Å²) >= 11 is 0. The van der Waals surface area contributed by atoms with Crippen LogP contribution in [-0.4, -0.2) is 44.4 Å². The van der Waals surface area contributed by atoms with Gasteiger partial charge in [-0.25, -0.2) is 0 Å². The SMILES string of the molecule is COc1cc(C(=O)Cc2ccc(OC)c(OC)c2OC)c(O)cc1O. The molecule has 0 aromatic heterocycles. The highest BCUT2D eigenvalue weighted by Crippen LogP contribution is 2.41. The Labute approximate surface area is 145 Å². The fraction of sp³-hybridized carbons (Fsp3) is 0.278. The van der Waals surface area contributed by atoms with Gasteiger partial charge in [-0.3, -0.25) is 4.79 Å². The molecule has 0 atom stereocenters. The summed E-state index contributed by atoms with van der Waals surface area (Å²) < 4.78 is 20.8. The van der Waals surface area contributed by atoms with Crippen LogP contribution in [0, 0.1) is 0 Å². The number of ketones is 1. The summed E-state index contributed by atoms with van der Waals surface area (Å²) in [5.74, 6) is 0.373.